The minimum Gasteiger partial charge on any atom is -0.454 e. The Kier molecular flexibility index (Phi) is 7.94. The number of halogens is 1. The zero-order valence-electron chi connectivity index (χ0n) is 20.3. The fourth-order valence-electron chi connectivity index (χ4n) is 4.46. The third-order valence-electron chi connectivity index (χ3n) is 6.43. The quantitative estimate of drug-likeness (QED) is 0.528. The van der Waals surface area contributed by atoms with Gasteiger partial charge in [-0.25, -0.2) is 8.42 Å². The zero-order chi connectivity index (χ0) is 25.9. The lowest BCUT2D eigenvalue weighted by molar-refractivity contribution is -0.139. The highest BCUT2D eigenvalue weighted by molar-refractivity contribution is 7.92. The van der Waals surface area contributed by atoms with Gasteiger partial charge in [0.15, 0.2) is 11.5 Å². The first-order chi connectivity index (χ1) is 17.1. The molecule has 194 valence electrons. The van der Waals surface area contributed by atoms with E-state index in [-0.39, 0.29) is 31.0 Å². The van der Waals surface area contributed by atoms with Gasteiger partial charge in [0.2, 0.25) is 28.6 Å². The molecule has 1 heterocycles. The average Bonchev–Trinajstić information content (AvgIpc) is 3.51. The Balaban J connectivity index is 1.59. The summed E-state index contributed by atoms with van der Waals surface area (Å²) in [6, 6.07) is 10.9. The fraction of sp³-hybridized carbons (Fsp3) is 0.440. The molecule has 0 radical (unpaired) electrons. The molecule has 1 N–H and O–H groups in total. The monoisotopic (exact) mass is 535 g/mol. The summed E-state index contributed by atoms with van der Waals surface area (Å²) in [7, 11) is -3.84. The van der Waals surface area contributed by atoms with Crippen LogP contribution in [0.4, 0.5) is 5.69 Å². The highest BCUT2D eigenvalue weighted by atomic mass is 35.5. The second kappa shape index (κ2) is 11.0. The normalized spacial score (nSPS) is 16.0. The summed E-state index contributed by atoms with van der Waals surface area (Å²) >= 11 is 6.14. The van der Waals surface area contributed by atoms with E-state index >= 15 is 0 Å². The maximum Gasteiger partial charge on any atom is 0.244 e. The second-order valence-corrected chi connectivity index (χ2v) is 11.5. The van der Waals surface area contributed by atoms with E-state index in [1.807, 2.05) is 0 Å². The van der Waals surface area contributed by atoms with Gasteiger partial charge < -0.3 is 19.7 Å². The minimum atomic E-state index is -3.84. The number of nitrogens with one attached hydrogen (secondary N) is 1. The summed E-state index contributed by atoms with van der Waals surface area (Å²) in [5.41, 5.74) is 0.992. The molecule has 1 aliphatic carbocycles. The summed E-state index contributed by atoms with van der Waals surface area (Å²) in [5, 5.41) is 3.53. The van der Waals surface area contributed by atoms with Crippen LogP contribution in [0.25, 0.3) is 0 Å². The molecule has 2 aromatic rings. The summed E-state index contributed by atoms with van der Waals surface area (Å²) in [4.78, 5) is 28.1. The largest absolute Gasteiger partial charge is 0.454 e. The molecule has 11 heteroatoms. The molecule has 9 nitrogen and oxygen atoms in total. The van der Waals surface area contributed by atoms with Crippen molar-refractivity contribution in [2.75, 3.05) is 23.9 Å². The third-order valence-corrected chi connectivity index (χ3v) is 7.81. The van der Waals surface area contributed by atoms with Crippen LogP contribution < -0.4 is 19.1 Å². The van der Waals surface area contributed by atoms with Gasteiger partial charge in [0.1, 0.15) is 12.6 Å². The van der Waals surface area contributed by atoms with Crippen LogP contribution in [0.3, 0.4) is 0 Å². The number of carbonyl (C=O) groups excluding carboxylic acids is 2. The molecule has 4 rings (SSSR count). The topological polar surface area (TPSA) is 105 Å². The fourth-order valence-corrected chi connectivity index (χ4v) is 5.51. The van der Waals surface area contributed by atoms with E-state index in [2.05, 4.69) is 5.32 Å². The Morgan fingerprint density at radius 2 is 1.83 bits per heavy atom. The van der Waals surface area contributed by atoms with Gasteiger partial charge in [-0.2, -0.15) is 0 Å². The molecule has 2 aromatic carbocycles. The molecule has 1 saturated carbocycles. The van der Waals surface area contributed by atoms with Crippen LogP contribution in [0.1, 0.15) is 38.2 Å². The zero-order valence-corrected chi connectivity index (χ0v) is 21.8. The highest BCUT2D eigenvalue weighted by Gasteiger charge is 2.32. The standard InChI is InChI=1S/C25H30ClN3O6S/c1-17(25(31)27-20-8-3-4-9-20)28(14-18-6-5-7-19(26)12-18)24(30)15-29(36(2,32)33)21-10-11-22-23(13-21)35-16-34-22/h5-7,10-13,17,20H,3-4,8-9,14-16H2,1-2H3,(H,27,31). The van der Waals surface area contributed by atoms with Gasteiger partial charge in [-0.05, 0) is 49.6 Å². The Hall–Kier alpha value is -2.98. The molecule has 1 atom stereocenters. The SMILES string of the molecule is CC(C(=O)NC1CCCC1)N(Cc1cccc(Cl)c1)C(=O)CN(c1ccc2c(c1)OCO2)S(C)(=O)=O. The summed E-state index contributed by atoms with van der Waals surface area (Å²) < 4.78 is 37.1. The van der Waals surface area contributed by atoms with E-state index in [1.54, 1.807) is 43.3 Å². The maximum atomic E-state index is 13.6. The number of carbonyl (C=O) groups is 2. The number of nitrogens with zero attached hydrogens (tertiary/aromatic N) is 2. The van der Waals surface area contributed by atoms with Crippen LogP contribution >= 0.6 is 11.6 Å². The molecule has 0 bridgehead atoms. The van der Waals surface area contributed by atoms with E-state index in [4.69, 9.17) is 21.1 Å². The van der Waals surface area contributed by atoms with E-state index in [1.165, 1.54) is 11.0 Å². The lowest BCUT2D eigenvalue weighted by atomic mass is 10.1. The lowest BCUT2D eigenvalue weighted by Crippen LogP contribution is -2.52. The first-order valence-corrected chi connectivity index (χ1v) is 14.1. The van der Waals surface area contributed by atoms with Crippen LogP contribution in [0.5, 0.6) is 11.5 Å². The molecule has 1 aliphatic heterocycles. The summed E-state index contributed by atoms with van der Waals surface area (Å²) in [6.45, 7) is 1.30. The molecular formula is C25H30ClN3O6S. The Morgan fingerprint density at radius 3 is 2.53 bits per heavy atom. The Bertz CT molecular complexity index is 1230. The van der Waals surface area contributed by atoms with Crippen LogP contribution in [0.2, 0.25) is 5.02 Å². The first-order valence-electron chi connectivity index (χ1n) is 11.8. The van der Waals surface area contributed by atoms with Crippen molar-refractivity contribution in [3.05, 3.63) is 53.1 Å². The van der Waals surface area contributed by atoms with Crippen molar-refractivity contribution in [3.8, 4) is 11.5 Å². The van der Waals surface area contributed by atoms with Gasteiger partial charge in [-0.15, -0.1) is 0 Å². The molecule has 0 aromatic heterocycles. The minimum absolute atomic E-state index is 0.0393. The van der Waals surface area contributed by atoms with E-state index in [0.717, 1.165) is 41.8 Å². The van der Waals surface area contributed by atoms with Crippen molar-refractivity contribution < 1.29 is 27.5 Å². The van der Waals surface area contributed by atoms with Crippen molar-refractivity contribution in [3.63, 3.8) is 0 Å². The van der Waals surface area contributed by atoms with Crippen molar-refractivity contribution >= 4 is 39.1 Å². The molecule has 2 aliphatic rings. The van der Waals surface area contributed by atoms with Gasteiger partial charge in [-0.1, -0.05) is 36.6 Å². The van der Waals surface area contributed by atoms with Crippen LogP contribution in [-0.4, -0.2) is 56.8 Å². The molecule has 1 unspecified atom stereocenters. The van der Waals surface area contributed by atoms with Gasteiger partial charge in [0.25, 0.3) is 0 Å². The smallest absolute Gasteiger partial charge is 0.244 e. The van der Waals surface area contributed by atoms with Crippen molar-refractivity contribution in [1.29, 1.82) is 0 Å². The number of hydrogen-bond acceptors (Lipinski definition) is 6. The molecule has 36 heavy (non-hydrogen) atoms. The number of ether oxygens (including phenoxy) is 2. The van der Waals surface area contributed by atoms with Gasteiger partial charge in [-0.3, -0.25) is 13.9 Å². The van der Waals surface area contributed by atoms with Gasteiger partial charge >= 0.3 is 0 Å². The van der Waals surface area contributed by atoms with Crippen molar-refractivity contribution in [1.82, 2.24) is 10.2 Å². The van der Waals surface area contributed by atoms with Crippen molar-refractivity contribution in [2.45, 2.75) is 51.2 Å². The summed E-state index contributed by atoms with van der Waals surface area (Å²) in [5.74, 6) is 0.102. The number of anilines is 1. The second-order valence-electron chi connectivity index (χ2n) is 9.12. The summed E-state index contributed by atoms with van der Waals surface area (Å²) in [6.07, 6.45) is 4.97. The predicted octanol–water partition coefficient (Wildman–Crippen LogP) is 3.31. The number of sulfonamides is 1. The van der Waals surface area contributed by atoms with E-state index in [0.29, 0.717) is 16.5 Å². The highest BCUT2D eigenvalue weighted by Crippen LogP contribution is 2.36. The maximum absolute atomic E-state index is 13.6. The molecule has 1 fully saturated rings. The van der Waals surface area contributed by atoms with Crippen LogP contribution in [-0.2, 0) is 26.2 Å². The third kappa shape index (κ3) is 6.22. The molecular weight excluding hydrogens is 506 g/mol. The average molecular weight is 536 g/mol. The van der Waals surface area contributed by atoms with Gasteiger partial charge in [0, 0.05) is 23.7 Å². The molecule has 0 saturated heterocycles. The van der Waals surface area contributed by atoms with Gasteiger partial charge in [0.05, 0.1) is 11.9 Å². The number of amides is 2. The van der Waals surface area contributed by atoms with E-state index < -0.39 is 28.5 Å². The molecule has 0 spiro atoms. The lowest BCUT2D eigenvalue weighted by Gasteiger charge is -2.32. The van der Waals surface area contributed by atoms with Crippen molar-refractivity contribution in [2.24, 2.45) is 0 Å². The Morgan fingerprint density at radius 1 is 1.11 bits per heavy atom. The van der Waals surface area contributed by atoms with Crippen LogP contribution in [0.15, 0.2) is 42.5 Å². The Labute approximate surface area is 216 Å². The van der Waals surface area contributed by atoms with Crippen LogP contribution in [0, 0.1) is 0 Å². The van der Waals surface area contributed by atoms with E-state index in [9.17, 15) is 18.0 Å². The number of rotatable bonds is 9. The first kappa shape index (κ1) is 26.1. The number of benzene rings is 2. The number of fused-ring (bicyclic) bond motifs is 1. The number of hydrogen-bond donors (Lipinski definition) is 1. The molecule has 2 amide bonds. The predicted molar refractivity (Wildman–Crippen MR) is 137 cm³/mol.